The van der Waals surface area contributed by atoms with Gasteiger partial charge in [-0.2, -0.15) is 0 Å². The van der Waals surface area contributed by atoms with Crippen molar-refractivity contribution in [1.29, 1.82) is 0 Å². The molecule has 1 aromatic rings. The topological polar surface area (TPSA) is 37.3 Å². The minimum atomic E-state index is -5.25. The number of benzene rings is 1. The molecule has 1 rings (SSSR count). The second-order valence-corrected chi connectivity index (χ2v) is 4.34. The fraction of sp³-hybridized carbons (Fsp3) is 0.300. The third kappa shape index (κ3) is 3.34. The van der Waals surface area contributed by atoms with Crippen LogP contribution in [0.2, 0.25) is 0 Å². The average molecular weight is 302 g/mol. The van der Waals surface area contributed by atoms with Gasteiger partial charge in [0.05, 0.1) is 5.56 Å². The Morgan fingerprint density at radius 1 is 1.11 bits per heavy atom. The van der Waals surface area contributed by atoms with E-state index >= 15 is 0 Å². The Balaban J connectivity index is 0.00000289. The van der Waals surface area contributed by atoms with Crippen LogP contribution >= 0.6 is 12.6 Å². The standard InChI is InChI=1S/C10H11BF3O2S.K/c1-4-7(10(15)16)5(2)9(17)6(3)8(4)11(12,13)14;/h17H,1-3H3,(H,15,16);/q-1;+1. The van der Waals surface area contributed by atoms with Gasteiger partial charge in [0.2, 0.25) is 0 Å². The van der Waals surface area contributed by atoms with E-state index in [1.807, 2.05) is 0 Å². The maximum Gasteiger partial charge on any atom is 1.00 e. The van der Waals surface area contributed by atoms with Crippen molar-refractivity contribution in [3.63, 3.8) is 0 Å². The summed E-state index contributed by atoms with van der Waals surface area (Å²) in [5, 5.41) is 8.96. The molecule has 8 heteroatoms. The molecule has 2 nitrogen and oxygen atoms in total. The zero-order valence-corrected chi connectivity index (χ0v) is 14.5. The molecule has 18 heavy (non-hydrogen) atoms. The number of carboxylic acid groups (broad SMARTS) is 1. The molecule has 0 aliphatic rings. The minimum absolute atomic E-state index is 0. The first-order valence-electron chi connectivity index (χ1n) is 4.84. The third-order valence-corrected chi connectivity index (χ3v) is 3.48. The second-order valence-electron chi connectivity index (χ2n) is 3.89. The molecule has 0 fully saturated rings. The fourth-order valence-electron chi connectivity index (χ4n) is 2.04. The molecule has 1 aromatic carbocycles. The quantitative estimate of drug-likeness (QED) is 0.579. The van der Waals surface area contributed by atoms with Gasteiger partial charge >= 0.3 is 64.3 Å². The molecule has 0 heterocycles. The van der Waals surface area contributed by atoms with Crippen LogP contribution in [0.4, 0.5) is 12.9 Å². The molecule has 0 aliphatic heterocycles. The molecule has 0 spiro atoms. The Hall–Kier alpha value is 0.531. The maximum absolute atomic E-state index is 12.9. The molecule has 0 amide bonds. The first kappa shape index (κ1) is 18.5. The molecule has 0 aliphatic carbocycles. The van der Waals surface area contributed by atoms with Gasteiger partial charge in [0, 0.05) is 4.90 Å². The molecule has 0 bridgehead atoms. The summed E-state index contributed by atoms with van der Waals surface area (Å²) in [6.07, 6.45) is 0. The zero-order valence-electron chi connectivity index (χ0n) is 10.5. The predicted octanol–water partition coefficient (Wildman–Crippen LogP) is -0.343. The minimum Gasteiger partial charge on any atom is -0.478 e. The Kier molecular flexibility index (Phi) is 6.51. The van der Waals surface area contributed by atoms with Crippen molar-refractivity contribution < 1.29 is 74.2 Å². The van der Waals surface area contributed by atoms with Crippen LogP contribution in [0, 0.1) is 20.8 Å². The van der Waals surface area contributed by atoms with Crippen LogP contribution in [-0.2, 0) is 0 Å². The van der Waals surface area contributed by atoms with E-state index in [4.69, 9.17) is 5.11 Å². The summed E-state index contributed by atoms with van der Waals surface area (Å²) in [7, 11) is 0. The Morgan fingerprint density at radius 3 is 1.89 bits per heavy atom. The number of hydrogen-bond acceptors (Lipinski definition) is 2. The van der Waals surface area contributed by atoms with E-state index in [2.05, 4.69) is 12.6 Å². The van der Waals surface area contributed by atoms with Crippen molar-refractivity contribution in [2.24, 2.45) is 0 Å². The van der Waals surface area contributed by atoms with E-state index in [1.165, 1.54) is 20.8 Å². The van der Waals surface area contributed by atoms with Gasteiger partial charge in [0.15, 0.2) is 0 Å². The molecule has 0 saturated carbocycles. The van der Waals surface area contributed by atoms with Gasteiger partial charge in [0.1, 0.15) is 0 Å². The normalized spacial score (nSPS) is 11.1. The second kappa shape index (κ2) is 6.32. The Morgan fingerprint density at radius 2 is 1.56 bits per heavy atom. The van der Waals surface area contributed by atoms with Crippen LogP contribution in [-0.4, -0.2) is 18.1 Å². The first-order chi connectivity index (χ1) is 7.59. The molecule has 0 unspecified atom stereocenters. The molecule has 0 saturated heterocycles. The predicted molar refractivity (Wildman–Crippen MR) is 63.6 cm³/mol. The number of hydrogen-bond donors (Lipinski definition) is 2. The summed E-state index contributed by atoms with van der Waals surface area (Å²) in [6.45, 7) is -1.31. The number of carboxylic acids is 1. The van der Waals surface area contributed by atoms with Crippen LogP contribution in [0.15, 0.2) is 4.90 Å². The van der Waals surface area contributed by atoms with E-state index in [0.717, 1.165) is 0 Å². The smallest absolute Gasteiger partial charge is 0.478 e. The molecule has 1 N–H and O–H groups in total. The Labute approximate surface area is 151 Å². The van der Waals surface area contributed by atoms with E-state index in [1.54, 1.807) is 0 Å². The van der Waals surface area contributed by atoms with Crippen molar-refractivity contribution in [2.75, 3.05) is 0 Å². The van der Waals surface area contributed by atoms with Crippen molar-refractivity contribution >= 4 is 31.0 Å². The van der Waals surface area contributed by atoms with Gasteiger partial charge in [-0.3, -0.25) is 0 Å². The van der Waals surface area contributed by atoms with E-state index in [0.29, 0.717) is 0 Å². The molecule has 94 valence electrons. The molecule has 0 atom stereocenters. The number of aromatic carboxylic acids is 1. The number of thiol groups is 1. The van der Waals surface area contributed by atoms with E-state index in [-0.39, 0.29) is 78.5 Å². The van der Waals surface area contributed by atoms with Gasteiger partial charge in [0.25, 0.3) is 0 Å². The first-order valence-corrected chi connectivity index (χ1v) is 5.29. The average Bonchev–Trinajstić information content (AvgIpc) is 2.11. The summed E-state index contributed by atoms with van der Waals surface area (Å²) < 4.78 is 38.7. The van der Waals surface area contributed by atoms with Crippen LogP contribution < -0.4 is 56.8 Å². The van der Waals surface area contributed by atoms with Crippen molar-refractivity contribution in [3.8, 4) is 0 Å². The van der Waals surface area contributed by atoms with Crippen LogP contribution in [0.25, 0.3) is 0 Å². The number of rotatable bonds is 2. The summed E-state index contributed by atoms with van der Waals surface area (Å²) in [5.41, 5.74) is -1.15. The van der Waals surface area contributed by atoms with Crippen LogP contribution in [0.1, 0.15) is 27.0 Å². The van der Waals surface area contributed by atoms with Gasteiger partial charge in [-0.15, -0.1) is 18.1 Å². The van der Waals surface area contributed by atoms with Gasteiger partial charge in [-0.1, -0.05) is 11.1 Å². The molecular formula is C10H11BF3KO2S. The van der Waals surface area contributed by atoms with E-state index < -0.39 is 18.4 Å². The largest absolute Gasteiger partial charge is 1.00 e. The van der Waals surface area contributed by atoms with Gasteiger partial charge in [-0.25, -0.2) is 4.79 Å². The van der Waals surface area contributed by atoms with Crippen LogP contribution in [0.3, 0.4) is 0 Å². The molecular weight excluding hydrogens is 291 g/mol. The van der Waals surface area contributed by atoms with Crippen molar-refractivity contribution in [3.05, 3.63) is 22.3 Å². The van der Waals surface area contributed by atoms with Crippen LogP contribution in [0.5, 0.6) is 0 Å². The number of halogens is 3. The molecule has 0 aromatic heterocycles. The number of carbonyl (C=O) groups is 1. The summed E-state index contributed by atoms with van der Waals surface area (Å²) in [4.78, 5) is 11.1. The summed E-state index contributed by atoms with van der Waals surface area (Å²) in [5.74, 6) is -1.36. The van der Waals surface area contributed by atoms with Gasteiger partial charge in [-0.05, 0) is 26.3 Å². The maximum atomic E-state index is 12.9. The fourth-order valence-corrected chi connectivity index (χ4v) is 2.27. The van der Waals surface area contributed by atoms with Gasteiger partial charge < -0.3 is 18.1 Å². The SMILES string of the molecule is Cc1c(S)c(C)c([B-](F)(F)F)c(C)c1C(=O)O.[K+]. The third-order valence-electron chi connectivity index (χ3n) is 2.81. The monoisotopic (exact) mass is 302 g/mol. The van der Waals surface area contributed by atoms with Crippen molar-refractivity contribution in [1.82, 2.24) is 0 Å². The zero-order chi connectivity index (χ0) is 13.5. The van der Waals surface area contributed by atoms with E-state index in [9.17, 15) is 17.7 Å². The Bertz CT molecular complexity index is 503. The summed E-state index contributed by atoms with van der Waals surface area (Å²) in [6, 6.07) is 0. The summed E-state index contributed by atoms with van der Waals surface area (Å²) >= 11 is 3.97. The molecule has 0 radical (unpaired) electrons. The van der Waals surface area contributed by atoms with Crippen molar-refractivity contribution in [2.45, 2.75) is 25.7 Å².